The molecule has 0 fully saturated rings. The number of pyridine rings is 1. The molecule has 1 aliphatic carbocycles. The molecule has 10 heavy (non-hydrogen) atoms. The Labute approximate surface area is 60.4 Å². The second-order valence-corrected chi connectivity index (χ2v) is 2.42. The lowest BCUT2D eigenvalue weighted by molar-refractivity contribution is 0.925. The average Bonchev–Trinajstić information content (AvgIpc) is 2.05. The Morgan fingerprint density at radius 3 is 3.40 bits per heavy atom. The van der Waals surface area contributed by atoms with Crippen molar-refractivity contribution in [3.05, 3.63) is 35.7 Å². The summed E-state index contributed by atoms with van der Waals surface area (Å²) in [5.41, 5.74) is 2.44. The second kappa shape index (κ2) is 2.25. The zero-order valence-corrected chi connectivity index (χ0v) is 5.67. The van der Waals surface area contributed by atoms with E-state index in [0.29, 0.717) is 0 Å². The van der Waals surface area contributed by atoms with Crippen molar-refractivity contribution in [3.8, 4) is 0 Å². The summed E-state index contributed by atoms with van der Waals surface area (Å²) in [5.74, 6) is 0. The van der Waals surface area contributed by atoms with E-state index in [1.165, 1.54) is 11.3 Å². The number of allylic oxidation sites excluding steroid dienone is 1. The molecule has 0 aliphatic heterocycles. The highest BCUT2D eigenvalue weighted by molar-refractivity contribution is 5.53. The quantitative estimate of drug-likeness (QED) is 0.522. The highest BCUT2D eigenvalue weighted by atomic mass is 14.7. The first-order valence-electron chi connectivity index (χ1n) is 3.49. The van der Waals surface area contributed by atoms with Crippen LogP contribution in [0.3, 0.4) is 0 Å². The van der Waals surface area contributed by atoms with Crippen LogP contribution in [0.2, 0.25) is 0 Å². The van der Waals surface area contributed by atoms with Crippen LogP contribution in [0.1, 0.15) is 17.7 Å². The lowest BCUT2D eigenvalue weighted by Gasteiger charge is -2.06. The summed E-state index contributed by atoms with van der Waals surface area (Å²) >= 11 is 0. The molecule has 49 valence electrons. The van der Waals surface area contributed by atoms with Crippen LogP contribution in [-0.2, 0) is 6.42 Å². The fraction of sp³-hybridized carbons (Fsp3) is 0.222. The third-order valence-electron chi connectivity index (χ3n) is 1.72. The molecule has 0 saturated heterocycles. The maximum atomic E-state index is 4.14. The van der Waals surface area contributed by atoms with Gasteiger partial charge in [0, 0.05) is 5.69 Å². The van der Waals surface area contributed by atoms with Gasteiger partial charge in [-0.05, 0) is 24.5 Å². The van der Waals surface area contributed by atoms with E-state index < -0.39 is 0 Å². The predicted octanol–water partition coefficient (Wildman–Crippen LogP) is 1.84. The summed E-state index contributed by atoms with van der Waals surface area (Å²) in [4.78, 5) is 4.14. The van der Waals surface area contributed by atoms with Gasteiger partial charge in [-0.3, -0.25) is 4.98 Å². The first-order valence-corrected chi connectivity index (χ1v) is 3.49. The lowest BCUT2D eigenvalue weighted by atomic mass is 10.0. The molecule has 0 spiro atoms. The molecule has 1 aromatic rings. The summed E-state index contributed by atoms with van der Waals surface area (Å²) in [6.07, 6.45) is 9.34. The number of fused-ring (bicyclic) bond motifs is 1. The maximum absolute atomic E-state index is 4.14. The van der Waals surface area contributed by atoms with Gasteiger partial charge in [-0.25, -0.2) is 0 Å². The molecule has 0 unspecified atom stereocenters. The lowest BCUT2D eigenvalue weighted by Crippen LogP contribution is -1.96. The standard InChI is InChI=1S/C9H8N/c1-2-6-9-8(4-1)5-3-7-10-9/h1,3-5H,2,6H2. The Morgan fingerprint density at radius 1 is 1.50 bits per heavy atom. The molecule has 0 N–H and O–H groups in total. The molecular weight excluding hydrogens is 122 g/mol. The minimum absolute atomic E-state index is 1.07. The Balaban J connectivity index is 2.54. The van der Waals surface area contributed by atoms with Gasteiger partial charge in [0.05, 0.1) is 6.20 Å². The summed E-state index contributed by atoms with van der Waals surface area (Å²) in [5, 5.41) is 0. The number of aromatic nitrogens is 1. The monoisotopic (exact) mass is 130 g/mol. The average molecular weight is 130 g/mol. The van der Waals surface area contributed by atoms with Crippen molar-refractivity contribution >= 4 is 6.08 Å². The number of hydrogen-bond acceptors (Lipinski definition) is 1. The SMILES string of the molecule is [c]1ccc2c(n1)CCC=C2. The van der Waals surface area contributed by atoms with Crippen LogP contribution >= 0.6 is 0 Å². The van der Waals surface area contributed by atoms with Crippen molar-refractivity contribution in [2.24, 2.45) is 0 Å². The van der Waals surface area contributed by atoms with E-state index in [0.717, 1.165) is 12.8 Å². The zero-order valence-electron chi connectivity index (χ0n) is 5.67. The van der Waals surface area contributed by atoms with Crippen LogP contribution in [0.25, 0.3) is 6.08 Å². The van der Waals surface area contributed by atoms with Crippen molar-refractivity contribution in [3.63, 3.8) is 0 Å². The highest BCUT2D eigenvalue weighted by Crippen LogP contribution is 2.14. The number of nitrogens with zero attached hydrogens (tertiary/aromatic N) is 1. The second-order valence-electron chi connectivity index (χ2n) is 2.42. The van der Waals surface area contributed by atoms with Crippen LogP contribution in [0.5, 0.6) is 0 Å². The maximum Gasteiger partial charge on any atom is 0.0890 e. The minimum atomic E-state index is 1.07. The van der Waals surface area contributed by atoms with Crippen LogP contribution < -0.4 is 0 Å². The zero-order chi connectivity index (χ0) is 6.81. The fourth-order valence-electron chi connectivity index (χ4n) is 1.19. The van der Waals surface area contributed by atoms with Gasteiger partial charge in [0.25, 0.3) is 0 Å². The van der Waals surface area contributed by atoms with E-state index in [1.807, 2.05) is 6.07 Å². The van der Waals surface area contributed by atoms with Crippen LogP contribution in [0.4, 0.5) is 0 Å². The molecule has 1 aromatic heterocycles. The van der Waals surface area contributed by atoms with E-state index in [9.17, 15) is 0 Å². The Kier molecular flexibility index (Phi) is 1.28. The topological polar surface area (TPSA) is 12.9 Å². The van der Waals surface area contributed by atoms with Crippen LogP contribution in [0, 0.1) is 6.20 Å². The van der Waals surface area contributed by atoms with Gasteiger partial charge in [-0.1, -0.05) is 18.2 Å². The molecule has 0 amide bonds. The molecule has 1 aliphatic rings. The van der Waals surface area contributed by atoms with E-state index >= 15 is 0 Å². The van der Waals surface area contributed by atoms with E-state index in [2.05, 4.69) is 29.4 Å². The van der Waals surface area contributed by atoms with Gasteiger partial charge in [0.2, 0.25) is 0 Å². The molecule has 0 bridgehead atoms. The van der Waals surface area contributed by atoms with Crippen molar-refractivity contribution < 1.29 is 0 Å². The van der Waals surface area contributed by atoms with Crippen molar-refractivity contribution in [2.45, 2.75) is 12.8 Å². The Hall–Kier alpha value is -1.11. The van der Waals surface area contributed by atoms with E-state index in [-0.39, 0.29) is 0 Å². The molecule has 0 atom stereocenters. The van der Waals surface area contributed by atoms with Gasteiger partial charge in [0.15, 0.2) is 0 Å². The number of aryl methyl sites for hydroxylation is 1. The summed E-state index contributed by atoms with van der Waals surface area (Å²) in [7, 11) is 0. The first kappa shape index (κ1) is 5.66. The summed E-state index contributed by atoms with van der Waals surface area (Å²) in [6, 6.07) is 3.91. The Morgan fingerprint density at radius 2 is 2.50 bits per heavy atom. The van der Waals surface area contributed by atoms with Crippen molar-refractivity contribution in [2.75, 3.05) is 0 Å². The molecule has 1 nitrogen and oxygen atoms in total. The normalized spacial score (nSPS) is 14.8. The Bertz CT molecular complexity index is 263. The molecule has 0 aromatic carbocycles. The molecular formula is C9H8N. The summed E-state index contributed by atoms with van der Waals surface area (Å²) < 4.78 is 0. The summed E-state index contributed by atoms with van der Waals surface area (Å²) in [6.45, 7) is 0. The molecule has 2 rings (SSSR count). The fourth-order valence-corrected chi connectivity index (χ4v) is 1.19. The predicted molar refractivity (Wildman–Crippen MR) is 40.4 cm³/mol. The van der Waals surface area contributed by atoms with Gasteiger partial charge in [-0.15, -0.1) is 0 Å². The van der Waals surface area contributed by atoms with Crippen LogP contribution in [0.15, 0.2) is 18.2 Å². The minimum Gasteiger partial charge on any atom is -0.251 e. The highest BCUT2D eigenvalue weighted by Gasteiger charge is 2.02. The number of hydrogen-bond donors (Lipinski definition) is 0. The van der Waals surface area contributed by atoms with Crippen molar-refractivity contribution in [1.82, 2.24) is 4.98 Å². The van der Waals surface area contributed by atoms with Crippen LogP contribution in [-0.4, -0.2) is 4.98 Å². The van der Waals surface area contributed by atoms with Gasteiger partial charge in [0.1, 0.15) is 0 Å². The number of rotatable bonds is 0. The molecule has 1 heterocycles. The van der Waals surface area contributed by atoms with E-state index in [1.54, 1.807) is 0 Å². The largest absolute Gasteiger partial charge is 0.251 e. The van der Waals surface area contributed by atoms with Gasteiger partial charge >= 0.3 is 0 Å². The van der Waals surface area contributed by atoms with Gasteiger partial charge in [-0.2, -0.15) is 0 Å². The van der Waals surface area contributed by atoms with E-state index in [4.69, 9.17) is 0 Å². The third kappa shape index (κ3) is 0.838. The smallest absolute Gasteiger partial charge is 0.0890 e. The first-order chi connectivity index (χ1) is 4.97. The van der Waals surface area contributed by atoms with Crippen molar-refractivity contribution in [1.29, 1.82) is 0 Å². The third-order valence-corrected chi connectivity index (χ3v) is 1.72. The molecule has 1 heteroatoms. The molecule has 0 saturated carbocycles. The van der Waals surface area contributed by atoms with Gasteiger partial charge < -0.3 is 0 Å². The molecule has 1 radical (unpaired) electrons.